The fourth-order valence-corrected chi connectivity index (χ4v) is 2.90. The Morgan fingerprint density at radius 1 is 1.29 bits per heavy atom. The topological polar surface area (TPSA) is 37.8 Å². The van der Waals surface area contributed by atoms with E-state index >= 15 is 0 Å². The molecule has 0 amide bonds. The maximum absolute atomic E-state index is 4.06. The fourth-order valence-electron chi connectivity index (χ4n) is 2.90. The Morgan fingerprint density at radius 3 is 2.79 bits per heavy atom. The van der Waals surface area contributed by atoms with Crippen LogP contribution >= 0.6 is 0 Å². The minimum Gasteiger partial charge on any atom is -0.311 e. The highest BCUT2D eigenvalue weighted by molar-refractivity contribution is 5.08. The van der Waals surface area contributed by atoms with Crippen LogP contribution in [0.5, 0.6) is 0 Å². The minimum absolute atomic E-state index is 0.764. The molecule has 1 aromatic rings. The Bertz CT molecular complexity index is 312. The van der Waals surface area contributed by atoms with Crippen molar-refractivity contribution in [1.82, 2.24) is 15.3 Å². The van der Waals surface area contributed by atoms with Gasteiger partial charge in [0, 0.05) is 24.5 Å². The van der Waals surface area contributed by atoms with Gasteiger partial charge in [-0.1, -0.05) is 0 Å². The standard InChI is InChI=1S/C11H15N3/c1-2-11-9(4-10(1)14-11)3-8-5-12-7-13-6-8/h5-7,9-11,14H,1-4H2. The van der Waals surface area contributed by atoms with Crippen LogP contribution in [0.25, 0.3) is 0 Å². The molecule has 2 fully saturated rings. The molecule has 2 aliphatic heterocycles. The summed E-state index contributed by atoms with van der Waals surface area (Å²) in [7, 11) is 0. The van der Waals surface area contributed by atoms with Crippen LogP contribution in [0.4, 0.5) is 0 Å². The van der Waals surface area contributed by atoms with Crippen molar-refractivity contribution in [2.45, 2.75) is 37.8 Å². The Hall–Kier alpha value is -0.960. The Kier molecular flexibility index (Phi) is 1.98. The van der Waals surface area contributed by atoms with Crippen LogP contribution in [0.1, 0.15) is 24.8 Å². The van der Waals surface area contributed by atoms with Crippen LogP contribution in [-0.4, -0.2) is 22.1 Å². The maximum Gasteiger partial charge on any atom is 0.115 e. The molecule has 1 N–H and O–H groups in total. The van der Waals surface area contributed by atoms with E-state index in [-0.39, 0.29) is 0 Å². The number of hydrogen-bond acceptors (Lipinski definition) is 3. The van der Waals surface area contributed by atoms with Gasteiger partial charge in [-0.2, -0.15) is 0 Å². The summed E-state index contributed by atoms with van der Waals surface area (Å²) in [5, 5.41) is 3.66. The number of nitrogens with zero attached hydrogens (tertiary/aromatic N) is 2. The fraction of sp³-hybridized carbons (Fsp3) is 0.636. The summed E-state index contributed by atoms with van der Waals surface area (Å²) < 4.78 is 0. The van der Waals surface area contributed by atoms with E-state index in [4.69, 9.17) is 0 Å². The van der Waals surface area contributed by atoms with E-state index in [0.29, 0.717) is 0 Å². The summed E-state index contributed by atoms with van der Waals surface area (Å²) >= 11 is 0. The zero-order valence-corrected chi connectivity index (χ0v) is 8.19. The summed E-state index contributed by atoms with van der Waals surface area (Å²) in [6.07, 6.45) is 10.7. The lowest BCUT2D eigenvalue weighted by Gasteiger charge is -2.19. The summed E-state index contributed by atoms with van der Waals surface area (Å²) in [6.45, 7) is 0. The second-order valence-electron chi connectivity index (χ2n) is 4.49. The molecule has 3 heterocycles. The quantitative estimate of drug-likeness (QED) is 0.758. The van der Waals surface area contributed by atoms with E-state index < -0.39 is 0 Å². The van der Waals surface area contributed by atoms with Gasteiger partial charge < -0.3 is 5.32 Å². The van der Waals surface area contributed by atoms with Crippen LogP contribution in [0.2, 0.25) is 0 Å². The summed E-state index contributed by atoms with van der Waals surface area (Å²) in [4.78, 5) is 8.11. The van der Waals surface area contributed by atoms with Crippen molar-refractivity contribution >= 4 is 0 Å². The van der Waals surface area contributed by atoms with Gasteiger partial charge in [0.25, 0.3) is 0 Å². The van der Waals surface area contributed by atoms with Crippen molar-refractivity contribution in [2.75, 3.05) is 0 Å². The molecule has 3 nitrogen and oxygen atoms in total. The van der Waals surface area contributed by atoms with Gasteiger partial charge in [0.05, 0.1) is 0 Å². The van der Waals surface area contributed by atoms with Gasteiger partial charge in [-0.15, -0.1) is 0 Å². The van der Waals surface area contributed by atoms with Crippen molar-refractivity contribution in [1.29, 1.82) is 0 Å². The summed E-state index contributed by atoms with van der Waals surface area (Å²) in [5.74, 6) is 0.819. The highest BCUT2D eigenvalue weighted by Crippen LogP contribution is 2.34. The van der Waals surface area contributed by atoms with Gasteiger partial charge in [-0.3, -0.25) is 0 Å². The van der Waals surface area contributed by atoms with Crippen molar-refractivity contribution in [3.05, 3.63) is 24.3 Å². The van der Waals surface area contributed by atoms with Crippen molar-refractivity contribution < 1.29 is 0 Å². The monoisotopic (exact) mass is 189 g/mol. The number of fused-ring (bicyclic) bond motifs is 2. The van der Waals surface area contributed by atoms with Crippen molar-refractivity contribution in [2.24, 2.45) is 5.92 Å². The van der Waals surface area contributed by atoms with Crippen LogP contribution in [0.15, 0.2) is 18.7 Å². The van der Waals surface area contributed by atoms with Crippen LogP contribution in [0.3, 0.4) is 0 Å². The molecule has 1 aromatic heterocycles. The largest absolute Gasteiger partial charge is 0.311 e. The lowest BCUT2D eigenvalue weighted by molar-refractivity contribution is 0.403. The summed E-state index contributed by atoms with van der Waals surface area (Å²) in [5.41, 5.74) is 1.28. The smallest absolute Gasteiger partial charge is 0.115 e. The SMILES string of the molecule is c1ncc(CC2CC3CCC2N3)cn1. The van der Waals surface area contributed by atoms with E-state index in [1.54, 1.807) is 6.33 Å². The second kappa shape index (κ2) is 3.31. The molecule has 3 rings (SSSR count). The normalized spacial score (nSPS) is 35.0. The third kappa shape index (κ3) is 1.42. The Balaban J connectivity index is 1.69. The number of nitrogens with one attached hydrogen (secondary N) is 1. The molecule has 3 unspecified atom stereocenters. The summed E-state index contributed by atoms with van der Waals surface area (Å²) in [6, 6.07) is 1.56. The average molecular weight is 189 g/mol. The van der Waals surface area contributed by atoms with E-state index in [2.05, 4.69) is 15.3 Å². The van der Waals surface area contributed by atoms with Gasteiger partial charge in [-0.25, -0.2) is 9.97 Å². The first-order valence-electron chi connectivity index (χ1n) is 5.42. The molecule has 3 heteroatoms. The lowest BCUT2D eigenvalue weighted by atomic mass is 9.85. The molecular weight excluding hydrogens is 174 g/mol. The first-order valence-corrected chi connectivity index (χ1v) is 5.42. The number of rotatable bonds is 2. The Morgan fingerprint density at radius 2 is 2.14 bits per heavy atom. The molecule has 74 valence electrons. The predicted molar refractivity (Wildman–Crippen MR) is 53.8 cm³/mol. The van der Waals surface area contributed by atoms with Gasteiger partial charge >= 0.3 is 0 Å². The minimum atomic E-state index is 0.764. The van der Waals surface area contributed by atoms with Gasteiger partial charge in [0.1, 0.15) is 6.33 Å². The first kappa shape index (κ1) is 8.36. The third-order valence-electron chi connectivity index (χ3n) is 3.54. The second-order valence-corrected chi connectivity index (χ2v) is 4.49. The molecule has 0 saturated carbocycles. The average Bonchev–Trinajstić information content (AvgIpc) is 2.81. The van der Waals surface area contributed by atoms with Crippen LogP contribution in [0, 0.1) is 5.92 Å². The molecular formula is C11H15N3. The maximum atomic E-state index is 4.06. The lowest BCUT2D eigenvalue weighted by Crippen LogP contribution is -2.24. The van der Waals surface area contributed by atoms with E-state index in [0.717, 1.165) is 24.4 Å². The van der Waals surface area contributed by atoms with Gasteiger partial charge in [-0.05, 0) is 37.2 Å². The zero-order valence-electron chi connectivity index (χ0n) is 8.19. The van der Waals surface area contributed by atoms with E-state index in [9.17, 15) is 0 Å². The zero-order chi connectivity index (χ0) is 9.38. The van der Waals surface area contributed by atoms with Gasteiger partial charge in [0.2, 0.25) is 0 Å². The van der Waals surface area contributed by atoms with Crippen molar-refractivity contribution in [3.8, 4) is 0 Å². The first-order chi connectivity index (χ1) is 6.92. The molecule has 0 spiro atoms. The number of hydrogen-bond donors (Lipinski definition) is 1. The van der Waals surface area contributed by atoms with Crippen LogP contribution in [-0.2, 0) is 6.42 Å². The highest BCUT2D eigenvalue weighted by atomic mass is 15.0. The molecule has 0 aliphatic carbocycles. The van der Waals surface area contributed by atoms with Crippen LogP contribution < -0.4 is 5.32 Å². The Labute approximate surface area is 84.0 Å². The molecule has 2 aliphatic rings. The predicted octanol–water partition coefficient (Wildman–Crippen LogP) is 1.16. The molecule has 3 atom stereocenters. The molecule has 0 aromatic carbocycles. The van der Waals surface area contributed by atoms with Gasteiger partial charge in [0.15, 0.2) is 0 Å². The number of aromatic nitrogens is 2. The molecule has 14 heavy (non-hydrogen) atoms. The molecule has 2 saturated heterocycles. The van der Waals surface area contributed by atoms with E-state index in [1.807, 2.05) is 12.4 Å². The van der Waals surface area contributed by atoms with E-state index in [1.165, 1.54) is 24.8 Å². The highest BCUT2D eigenvalue weighted by Gasteiger charge is 2.38. The molecule has 2 bridgehead atoms. The third-order valence-corrected chi connectivity index (χ3v) is 3.54. The molecule has 0 radical (unpaired) electrons. The van der Waals surface area contributed by atoms with Crippen molar-refractivity contribution in [3.63, 3.8) is 0 Å².